The van der Waals surface area contributed by atoms with E-state index in [0.717, 1.165) is 16.9 Å². The number of amides is 1. The highest BCUT2D eigenvalue weighted by Crippen LogP contribution is 2.21. The summed E-state index contributed by atoms with van der Waals surface area (Å²) >= 11 is 0. The summed E-state index contributed by atoms with van der Waals surface area (Å²) < 4.78 is 10.6. The minimum Gasteiger partial charge on any atom is -0.497 e. The third-order valence-electron chi connectivity index (χ3n) is 4.84. The first-order valence-corrected chi connectivity index (χ1v) is 9.76. The van der Waals surface area contributed by atoms with Crippen molar-refractivity contribution in [2.24, 2.45) is 0 Å². The molecule has 0 saturated heterocycles. The maximum absolute atomic E-state index is 12.5. The predicted molar refractivity (Wildman–Crippen MR) is 112 cm³/mol. The highest BCUT2D eigenvalue weighted by atomic mass is 16.5. The molecule has 0 aliphatic carbocycles. The van der Waals surface area contributed by atoms with Crippen LogP contribution in [0.25, 0.3) is 11.4 Å². The van der Waals surface area contributed by atoms with Crippen LogP contribution >= 0.6 is 0 Å². The van der Waals surface area contributed by atoms with Crippen LogP contribution in [0.15, 0.2) is 53.1 Å². The van der Waals surface area contributed by atoms with Crippen molar-refractivity contribution in [3.8, 4) is 17.1 Å². The van der Waals surface area contributed by atoms with Crippen LogP contribution in [0.1, 0.15) is 43.2 Å². The first-order valence-electron chi connectivity index (χ1n) is 9.76. The lowest BCUT2D eigenvalue weighted by atomic mass is 10.0. The Morgan fingerprint density at radius 3 is 2.62 bits per heavy atom. The molecule has 0 aliphatic heterocycles. The van der Waals surface area contributed by atoms with Gasteiger partial charge in [0.2, 0.25) is 17.6 Å². The molecular formula is C23H27N3O3. The average molecular weight is 393 g/mol. The number of carbonyl (C=O) groups excluding carboxylic acids is 1. The van der Waals surface area contributed by atoms with Crippen LogP contribution in [0.5, 0.6) is 5.75 Å². The monoisotopic (exact) mass is 393 g/mol. The lowest BCUT2D eigenvalue weighted by molar-refractivity contribution is -0.130. The quantitative estimate of drug-likeness (QED) is 0.565. The van der Waals surface area contributed by atoms with Gasteiger partial charge in [-0.15, -0.1) is 0 Å². The van der Waals surface area contributed by atoms with Crippen molar-refractivity contribution in [2.75, 3.05) is 14.2 Å². The van der Waals surface area contributed by atoms with Crippen molar-refractivity contribution in [1.82, 2.24) is 15.0 Å². The van der Waals surface area contributed by atoms with E-state index in [2.05, 4.69) is 36.1 Å². The van der Waals surface area contributed by atoms with E-state index < -0.39 is 0 Å². The van der Waals surface area contributed by atoms with Crippen LogP contribution in [0.3, 0.4) is 0 Å². The Bertz CT molecular complexity index is 948. The van der Waals surface area contributed by atoms with Crippen LogP contribution in [0.4, 0.5) is 0 Å². The summed E-state index contributed by atoms with van der Waals surface area (Å²) in [6.45, 7) is 4.83. The van der Waals surface area contributed by atoms with Crippen LogP contribution < -0.4 is 4.74 Å². The number of methoxy groups -OCH3 is 1. The van der Waals surface area contributed by atoms with Gasteiger partial charge in [-0.2, -0.15) is 4.98 Å². The third-order valence-corrected chi connectivity index (χ3v) is 4.84. The van der Waals surface area contributed by atoms with Crippen molar-refractivity contribution in [2.45, 2.75) is 39.2 Å². The molecule has 3 aromatic rings. The summed E-state index contributed by atoms with van der Waals surface area (Å²) in [7, 11) is 3.42. The maximum Gasteiger partial charge on any atom is 0.227 e. The second-order valence-corrected chi connectivity index (χ2v) is 7.39. The van der Waals surface area contributed by atoms with E-state index in [4.69, 9.17) is 9.26 Å². The molecule has 0 bridgehead atoms. The molecule has 1 heterocycles. The fourth-order valence-electron chi connectivity index (χ4n) is 3.03. The normalized spacial score (nSPS) is 10.9. The van der Waals surface area contributed by atoms with E-state index >= 15 is 0 Å². The Morgan fingerprint density at radius 1 is 1.17 bits per heavy atom. The van der Waals surface area contributed by atoms with Gasteiger partial charge in [-0.3, -0.25) is 4.79 Å². The molecule has 29 heavy (non-hydrogen) atoms. The number of carbonyl (C=O) groups is 1. The lowest BCUT2D eigenvalue weighted by Gasteiger charge is -2.17. The van der Waals surface area contributed by atoms with E-state index in [1.54, 1.807) is 19.1 Å². The summed E-state index contributed by atoms with van der Waals surface area (Å²) in [6.07, 6.45) is 0.729. The summed E-state index contributed by atoms with van der Waals surface area (Å²) in [6, 6.07) is 15.9. The zero-order valence-corrected chi connectivity index (χ0v) is 17.4. The summed E-state index contributed by atoms with van der Waals surface area (Å²) in [5.41, 5.74) is 3.19. The molecule has 0 aliphatic rings. The molecule has 0 atom stereocenters. The molecule has 1 amide bonds. The van der Waals surface area contributed by atoms with Gasteiger partial charge in [-0.05, 0) is 29.2 Å². The third kappa shape index (κ3) is 5.44. The Labute approximate surface area is 171 Å². The van der Waals surface area contributed by atoms with Gasteiger partial charge in [0, 0.05) is 32.0 Å². The van der Waals surface area contributed by atoms with Gasteiger partial charge in [-0.1, -0.05) is 55.4 Å². The Hall–Kier alpha value is -3.15. The molecule has 0 saturated carbocycles. The first kappa shape index (κ1) is 20.6. The fraction of sp³-hybridized carbons (Fsp3) is 0.348. The smallest absolute Gasteiger partial charge is 0.227 e. The standard InChI is InChI=1S/C23H27N3O3/c1-16(2)18-8-10-19(11-9-18)23-24-21(29-25-23)12-13-22(27)26(3)15-17-6-5-7-20(14-17)28-4/h5-11,14,16H,12-13,15H2,1-4H3. The molecule has 0 fully saturated rings. The molecule has 6 nitrogen and oxygen atoms in total. The van der Waals surface area contributed by atoms with E-state index in [1.807, 2.05) is 36.4 Å². The van der Waals surface area contributed by atoms with Gasteiger partial charge in [0.25, 0.3) is 0 Å². The van der Waals surface area contributed by atoms with Crippen molar-refractivity contribution in [1.29, 1.82) is 0 Å². The number of hydrogen-bond acceptors (Lipinski definition) is 5. The second-order valence-electron chi connectivity index (χ2n) is 7.39. The van der Waals surface area contributed by atoms with Gasteiger partial charge in [-0.25, -0.2) is 0 Å². The van der Waals surface area contributed by atoms with Gasteiger partial charge in [0.15, 0.2) is 0 Å². The molecule has 152 valence electrons. The van der Waals surface area contributed by atoms with Crippen molar-refractivity contribution in [3.05, 3.63) is 65.5 Å². The molecule has 0 N–H and O–H groups in total. The zero-order chi connectivity index (χ0) is 20.8. The average Bonchev–Trinajstić information content (AvgIpc) is 3.21. The number of ether oxygens (including phenoxy) is 1. The van der Waals surface area contributed by atoms with Gasteiger partial charge in [0.1, 0.15) is 5.75 Å². The lowest BCUT2D eigenvalue weighted by Crippen LogP contribution is -2.26. The number of nitrogens with zero attached hydrogens (tertiary/aromatic N) is 3. The molecular weight excluding hydrogens is 366 g/mol. The largest absolute Gasteiger partial charge is 0.497 e. The molecule has 0 spiro atoms. The van der Waals surface area contributed by atoms with Gasteiger partial charge in [0.05, 0.1) is 7.11 Å². The van der Waals surface area contributed by atoms with E-state index in [9.17, 15) is 4.79 Å². The van der Waals surface area contributed by atoms with Crippen LogP contribution in [0, 0.1) is 0 Å². The van der Waals surface area contributed by atoms with Crippen LogP contribution in [-0.2, 0) is 17.8 Å². The fourth-order valence-corrected chi connectivity index (χ4v) is 3.03. The Balaban J connectivity index is 1.55. The number of aryl methyl sites for hydroxylation is 1. The molecule has 0 unspecified atom stereocenters. The zero-order valence-electron chi connectivity index (χ0n) is 17.4. The minimum atomic E-state index is 0.0221. The molecule has 3 rings (SSSR count). The van der Waals surface area contributed by atoms with Crippen molar-refractivity contribution in [3.63, 3.8) is 0 Å². The van der Waals surface area contributed by atoms with E-state index in [0.29, 0.717) is 37.0 Å². The first-order chi connectivity index (χ1) is 14.0. The van der Waals surface area contributed by atoms with Crippen LogP contribution in [0.2, 0.25) is 0 Å². The van der Waals surface area contributed by atoms with E-state index in [-0.39, 0.29) is 5.91 Å². The number of aromatic nitrogens is 2. The molecule has 6 heteroatoms. The summed E-state index contributed by atoms with van der Waals surface area (Å²) in [4.78, 5) is 18.6. The highest BCUT2D eigenvalue weighted by Gasteiger charge is 2.14. The number of hydrogen-bond donors (Lipinski definition) is 0. The molecule has 0 radical (unpaired) electrons. The SMILES string of the molecule is COc1cccc(CN(C)C(=O)CCc2nc(-c3ccc(C(C)C)cc3)no2)c1. The Morgan fingerprint density at radius 2 is 1.93 bits per heavy atom. The molecule has 2 aromatic carbocycles. The van der Waals surface area contributed by atoms with Crippen molar-refractivity contribution >= 4 is 5.91 Å². The topological polar surface area (TPSA) is 68.5 Å². The summed E-state index contributed by atoms with van der Waals surface area (Å²) in [5, 5.41) is 4.05. The second kappa shape index (κ2) is 9.37. The van der Waals surface area contributed by atoms with Gasteiger partial charge >= 0.3 is 0 Å². The predicted octanol–water partition coefficient (Wildman–Crippen LogP) is 4.46. The molecule has 1 aromatic heterocycles. The van der Waals surface area contributed by atoms with Crippen molar-refractivity contribution < 1.29 is 14.1 Å². The van der Waals surface area contributed by atoms with Crippen LogP contribution in [-0.4, -0.2) is 35.1 Å². The van der Waals surface area contributed by atoms with Gasteiger partial charge < -0.3 is 14.2 Å². The highest BCUT2D eigenvalue weighted by molar-refractivity contribution is 5.76. The maximum atomic E-state index is 12.5. The number of rotatable bonds is 8. The summed E-state index contributed by atoms with van der Waals surface area (Å²) in [5.74, 6) is 2.30. The number of benzene rings is 2. The Kier molecular flexibility index (Phi) is 6.65. The van der Waals surface area contributed by atoms with E-state index in [1.165, 1.54) is 5.56 Å². The minimum absolute atomic E-state index is 0.0221.